The van der Waals surface area contributed by atoms with Crippen molar-refractivity contribution in [2.45, 2.75) is 106 Å². The summed E-state index contributed by atoms with van der Waals surface area (Å²) in [5, 5.41) is 9.56. The topological polar surface area (TPSA) is 37.3 Å². The molecule has 1 unspecified atom stereocenters. The molecule has 0 bridgehead atoms. The molecule has 2 heteroatoms. The summed E-state index contributed by atoms with van der Waals surface area (Å²) in [5.41, 5.74) is 3.98. The van der Waals surface area contributed by atoms with Gasteiger partial charge in [-0.05, 0) is 110 Å². The maximum atomic E-state index is 11.6. The van der Waals surface area contributed by atoms with Gasteiger partial charge < -0.3 is 5.11 Å². The Morgan fingerprint density at radius 3 is 2.41 bits per heavy atom. The van der Waals surface area contributed by atoms with E-state index < -0.39 is 5.97 Å². The van der Waals surface area contributed by atoms with Gasteiger partial charge in [-0.1, -0.05) is 65.3 Å². The van der Waals surface area contributed by atoms with E-state index >= 15 is 0 Å². The van der Waals surface area contributed by atoms with Crippen LogP contribution < -0.4 is 0 Å². The lowest BCUT2D eigenvalue weighted by molar-refractivity contribution is -0.150. The van der Waals surface area contributed by atoms with Gasteiger partial charge in [0, 0.05) is 6.42 Å². The zero-order valence-electron chi connectivity index (χ0n) is 21.9. The highest BCUT2D eigenvalue weighted by molar-refractivity contribution is 5.66. The maximum Gasteiger partial charge on any atom is 0.303 e. The minimum absolute atomic E-state index is 0.00842. The molecule has 3 saturated carbocycles. The second-order valence-corrected chi connectivity index (χ2v) is 13.5. The van der Waals surface area contributed by atoms with Crippen molar-refractivity contribution in [2.75, 3.05) is 0 Å². The largest absolute Gasteiger partial charge is 0.481 e. The van der Waals surface area contributed by atoms with Gasteiger partial charge in [0.2, 0.25) is 0 Å². The first kappa shape index (κ1) is 24.1. The van der Waals surface area contributed by atoms with E-state index in [1.54, 1.807) is 5.57 Å². The summed E-state index contributed by atoms with van der Waals surface area (Å²) in [4.78, 5) is 11.6. The van der Waals surface area contributed by atoms with Crippen molar-refractivity contribution in [2.24, 2.45) is 51.2 Å². The van der Waals surface area contributed by atoms with Gasteiger partial charge in [0.05, 0.1) is 0 Å². The fraction of sp³-hybridized carbons (Fsp3) is 0.833. The highest BCUT2D eigenvalue weighted by atomic mass is 16.4. The molecule has 0 heterocycles. The van der Waals surface area contributed by atoms with Crippen molar-refractivity contribution in [1.82, 2.24) is 0 Å². The predicted molar refractivity (Wildman–Crippen MR) is 133 cm³/mol. The molecule has 0 aromatic carbocycles. The number of carbonyl (C=O) groups is 1. The van der Waals surface area contributed by atoms with Gasteiger partial charge in [-0.15, -0.1) is 0 Å². The predicted octanol–water partition coefficient (Wildman–Crippen LogP) is 8.28. The zero-order valence-corrected chi connectivity index (χ0v) is 21.9. The van der Waals surface area contributed by atoms with Crippen LogP contribution in [0.5, 0.6) is 0 Å². The van der Waals surface area contributed by atoms with Crippen LogP contribution >= 0.6 is 0 Å². The number of rotatable bonds is 4. The molecule has 2 nitrogen and oxygen atoms in total. The lowest BCUT2D eigenvalue weighted by Crippen LogP contribution is -2.61. The van der Waals surface area contributed by atoms with E-state index in [2.05, 4.69) is 61.1 Å². The van der Waals surface area contributed by atoms with Crippen molar-refractivity contribution in [3.8, 4) is 0 Å². The van der Waals surface area contributed by atoms with Crippen LogP contribution in [0.25, 0.3) is 0 Å². The lowest BCUT2D eigenvalue weighted by Gasteiger charge is -2.69. The minimum Gasteiger partial charge on any atom is -0.481 e. The summed E-state index contributed by atoms with van der Waals surface area (Å²) in [5.74, 6) is 2.58. The van der Waals surface area contributed by atoms with E-state index in [0.29, 0.717) is 23.2 Å². The van der Waals surface area contributed by atoms with Crippen LogP contribution in [0.15, 0.2) is 23.8 Å². The van der Waals surface area contributed by atoms with Gasteiger partial charge >= 0.3 is 5.97 Å². The van der Waals surface area contributed by atoms with Crippen molar-refractivity contribution in [3.05, 3.63) is 23.8 Å². The molecule has 4 aliphatic carbocycles. The molecule has 9 atom stereocenters. The quantitative estimate of drug-likeness (QED) is 0.446. The molecule has 0 aliphatic heterocycles. The average Bonchev–Trinajstić information content (AvgIpc) is 2.70. The van der Waals surface area contributed by atoms with Crippen molar-refractivity contribution < 1.29 is 9.90 Å². The molecule has 0 spiro atoms. The molecule has 4 rings (SSSR count). The molecule has 32 heavy (non-hydrogen) atoms. The first-order chi connectivity index (χ1) is 14.8. The van der Waals surface area contributed by atoms with Crippen LogP contribution in [0.4, 0.5) is 0 Å². The van der Waals surface area contributed by atoms with Gasteiger partial charge in [-0.2, -0.15) is 0 Å². The molecule has 0 aromatic heterocycles. The number of carboxylic acids is 1. The Morgan fingerprint density at radius 2 is 1.78 bits per heavy atom. The van der Waals surface area contributed by atoms with Gasteiger partial charge in [-0.25, -0.2) is 0 Å². The van der Waals surface area contributed by atoms with Crippen LogP contribution in [0.1, 0.15) is 106 Å². The smallest absolute Gasteiger partial charge is 0.303 e. The van der Waals surface area contributed by atoms with E-state index in [9.17, 15) is 9.90 Å². The first-order valence-corrected chi connectivity index (χ1v) is 13.4. The number of hydrogen-bond donors (Lipinski definition) is 1. The highest BCUT2D eigenvalue weighted by Crippen LogP contribution is 2.74. The SMILES string of the molecule is C=C(C)[C@@H]1CC[C@]2(C)C(CC=C3[C@@H]4[C@@H](C)[C@H](C)CC[C@]4(C)CC[C@]32C)[C@@]1(C)CCC(=O)O. The summed E-state index contributed by atoms with van der Waals surface area (Å²) < 4.78 is 0. The molecular formula is C30H48O2. The van der Waals surface area contributed by atoms with E-state index in [-0.39, 0.29) is 22.7 Å². The summed E-state index contributed by atoms with van der Waals surface area (Å²) >= 11 is 0. The third kappa shape index (κ3) is 3.21. The van der Waals surface area contributed by atoms with Gasteiger partial charge in [-0.3, -0.25) is 4.79 Å². The Kier molecular flexibility index (Phi) is 5.83. The van der Waals surface area contributed by atoms with Crippen LogP contribution in [0.2, 0.25) is 0 Å². The number of fused-ring (bicyclic) bond motifs is 5. The monoisotopic (exact) mass is 440 g/mol. The van der Waals surface area contributed by atoms with E-state index in [1.807, 2.05) is 0 Å². The normalized spacial score (nSPS) is 50.5. The van der Waals surface area contributed by atoms with Gasteiger partial charge in [0.25, 0.3) is 0 Å². The number of allylic oxidation sites excluding steroid dienone is 3. The van der Waals surface area contributed by atoms with Gasteiger partial charge in [0.15, 0.2) is 0 Å². The third-order valence-electron chi connectivity index (χ3n) is 12.1. The second-order valence-electron chi connectivity index (χ2n) is 13.5. The van der Waals surface area contributed by atoms with E-state index in [4.69, 9.17) is 0 Å². The van der Waals surface area contributed by atoms with Crippen LogP contribution in [0, 0.1) is 51.2 Å². The zero-order chi connectivity index (χ0) is 23.7. The summed E-state index contributed by atoms with van der Waals surface area (Å²) in [7, 11) is 0. The average molecular weight is 441 g/mol. The Bertz CT molecular complexity index is 825. The molecule has 180 valence electrons. The number of aliphatic carboxylic acids is 1. The maximum absolute atomic E-state index is 11.6. The summed E-state index contributed by atoms with van der Waals surface area (Å²) in [6, 6.07) is 0. The first-order valence-electron chi connectivity index (χ1n) is 13.4. The van der Waals surface area contributed by atoms with Crippen molar-refractivity contribution in [1.29, 1.82) is 0 Å². The Balaban J connectivity index is 1.80. The molecule has 1 N–H and O–H groups in total. The summed E-state index contributed by atoms with van der Waals surface area (Å²) in [6.45, 7) is 21.8. The van der Waals surface area contributed by atoms with E-state index in [0.717, 1.165) is 31.1 Å². The van der Waals surface area contributed by atoms with Gasteiger partial charge in [0.1, 0.15) is 0 Å². The van der Waals surface area contributed by atoms with Crippen LogP contribution in [-0.2, 0) is 4.79 Å². The Morgan fingerprint density at radius 1 is 1.09 bits per heavy atom. The molecule has 0 saturated heterocycles. The Labute approximate surface area is 197 Å². The lowest BCUT2D eigenvalue weighted by atomic mass is 9.35. The van der Waals surface area contributed by atoms with Crippen LogP contribution in [-0.4, -0.2) is 11.1 Å². The number of carboxylic acid groups (broad SMARTS) is 1. The fourth-order valence-corrected chi connectivity index (χ4v) is 9.76. The molecule has 0 radical (unpaired) electrons. The molecule has 3 fully saturated rings. The molecule has 0 aromatic rings. The number of hydrogen-bond acceptors (Lipinski definition) is 1. The Hall–Kier alpha value is -1.05. The molecule has 0 amide bonds. The van der Waals surface area contributed by atoms with Crippen LogP contribution in [0.3, 0.4) is 0 Å². The fourth-order valence-electron chi connectivity index (χ4n) is 9.76. The van der Waals surface area contributed by atoms with E-state index in [1.165, 1.54) is 37.7 Å². The molecular weight excluding hydrogens is 392 g/mol. The molecule has 4 aliphatic rings. The van der Waals surface area contributed by atoms with Crippen molar-refractivity contribution >= 4 is 5.97 Å². The highest BCUT2D eigenvalue weighted by Gasteiger charge is 2.65. The van der Waals surface area contributed by atoms with Crippen molar-refractivity contribution in [3.63, 3.8) is 0 Å². The third-order valence-corrected chi connectivity index (χ3v) is 12.1. The summed E-state index contributed by atoms with van der Waals surface area (Å²) in [6.07, 6.45) is 12.7. The minimum atomic E-state index is -0.657. The standard InChI is InChI=1S/C30H48O2/c1-19(2)22-12-16-30(8)24(28(22,6)15-13-25(31)32)10-9-23-26-21(4)20(3)11-14-27(26,5)17-18-29(23,30)7/h9,20-22,24,26H,1,10-18H2,2-8H3,(H,31,32)/t20-,21+,22+,24?,26+,27-,28+,29-,30-/m1/s1. The second kappa shape index (κ2) is 7.74.